The Labute approximate surface area is 102 Å². The summed E-state index contributed by atoms with van der Waals surface area (Å²) in [5.41, 5.74) is 0.878. The maximum absolute atomic E-state index is 4.52. The molecule has 1 aliphatic rings. The first kappa shape index (κ1) is 10.0. The topological polar surface area (TPSA) is 45.5 Å². The van der Waals surface area contributed by atoms with E-state index in [-0.39, 0.29) is 0 Å². The van der Waals surface area contributed by atoms with Crippen molar-refractivity contribution in [2.45, 2.75) is 0 Å². The van der Waals surface area contributed by atoms with Gasteiger partial charge in [0.2, 0.25) is 5.95 Å². The molecule has 0 aliphatic carbocycles. The van der Waals surface area contributed by atoms with Crippen LogP contribution in [0.5, 0.6) is 0 Å². The van der Waals surface area contributed by atoms with Gasteiger partial charge in [0, 0.05) is 36.8 Å². The highest BCUT2D eigenvalue weighted by atomic mass is 79.9. The van der Waals surface area contributed by atoms with Crippen LogP contribution in [0.2, 0.25) is 0 Å². The van der Waals surface area contributed by atoms with Gasteiger partial charge in [0.25, 0.3) is 0 Å². The molecule has 16 heavy (non-hydrogen) atoms. The quantitative estimate of drug-likeness (QED) is 0.844. The van der Waals surface area contributed by atoms with E-state index in [1.807, 2.05) is 22.8 Å². The molecule has 3 heterocycles. The molecular formula is C10H12BrN5. The largest absolute Gasteiger partial charge is 0.337 e. The van der Waals surface area contributed by atoms with Crippen molar-refractivity contribution in [2.24, 2.45) is 0 Å². The Morgan fingerprint density at radius 2 is 2.12 bits per heavy atom. The van der Waals surface area contributed by atoms with Crippen molar-refractivity contribution in [1.29, 1.82) is 0 Å². The van der Waals surface area contributed by atoms with Crippen molar-refractivity contribution < 1.29 is 0 Å². The van der Waals surface area contributed by atoms with Gasteiger partial charge < -0.3 is 10.2 Å². The average Bonchev–Trinajstić information content (AvgIpc) is 2.73. The number of hydrogen-bond donors (Lipinski definition) is 1. The highest BCUT2D eigenvalue weighted by Gasteiger charge is 2.14. The van der Waals surface area contributed by atoms with E-state index in [0.29, 0.717) is 0 Å². The fourth-order valence-corrected chi connectivity index (χ4v) is 2.17. The summed E-state index contributed by atoms with van der Waals surface area (Å²) in [4.78, 5) is 6.72. The number of rotatable bonds is 1. The lowest BCUT2D eigenvalue weighted by atomic mass is 10.4. The van der Waals surface area contributed by atoms with Crippen LogP contribution in [0.3, 0.4) is 0 Å². The van der Waals surface area contributed by atoms with E-state index in [0.717, 1.165) is 42.2 Å². The molecule has 0 saturated carbocycles. The Balaban J connectivity index is 1.97. The van der Waals surface area contributed by atoms with Gasteiger partial charge in [-0.05, 0) is 12.1 Å². The molecule has 0 unspecified atom stereocenters. The minimum atomic E-state index is 0.819. The molecule has 1 saturated heterocycles. The lowest BCUT2D eigenvalue weighted by Gasteiger charge is -2.25. The van der Waals surface area contributed by atoms with Gasteiger partial charge in [-0.15, -0.1) is 5.10 Å². The molecule has 3 rings (SSSR count). The van der Waals surface area contributed by atoms with E-state index < -0.39 is 0 Å². The number of pyridine rings is 1. The number of nitrogens with zero attached hydrogens (tertiary/aromatic N) is 4. The molecule has 0 bridgehead atoms. The van der Waals surface area contributed by atoms with Crippen LogP contribution in [0, 0.1) is 0 Å². The SMILES string of the molecule is Brc1ccn2nc(N3CCNCC3)nc2c1. The van der Waals surface area contributed by atoms with Crippen molar-refractivity contribution in [2.75, 3.05) is 31.1 Å². The molecule has 6 heteroatoms. The molecule has 2 aromatic heterocycles. The van der Waals surface area contributed by atoms with Crippen LogP contribution in [0.25, 0.3) is 5.65 Å². The van der Waals surface area contributed by atoms with Gasteiger partial charge >= 0.3 is 0 Å². The van der Waals surface area contributed by atoms with Gasteiger partial charge in [-0.1, -0.05) is 15.9 Å². The summed E-state index contributed by atoms with van der Waals surface area (Å²) < 4.78 is 2.83. The van der Waals surface area contributed by atoms with Crippen molar-refractivity contribution in [3.05, 3.63) is 22.8 Å². The third-order valence-corrected chi connectivity index (χ3v) is 3.18. The second kappa shape index (κ2) is 4.03. The Kier molecular flexibility index (Phi) is 2.53. The third-order valence-electron chi connectivity index (χ3n) is 2.69. The van der Waals surface area contributed by atoms with Crippen LogP contribution in [0.4, 0.5) is 5.95 Å². The minimum Gasteiger partial charge on any atom is -0.337 e. The number of anilines is 1. The first-order valence-corrected chi connectivity index (χ1v) is 6.10. The summed E-state index contributed by atoms with van der Waals surface area (Å²) in [7, 11) is 0. The number of halogens is 1. The predicted octanol–water partition coefficient (Wildman–Crippen LogP) is 0.901. The Morgan fingerprint density at radius 1 is 1.31 bits per heavy atom. The molecule has 0 atom stereocenters. The highest BCUT2D eigenvalue weighted by molar-refractivity contribution is 9.10. The zero-order valence-corrected chi connectivity index (χ0v) is 10.3. The number of piperazine rings is 1. The first-order valence-electron chi connectivity index (χ1n) is 5.30. The molecule has 84 valence electrons. The zero-order chi connectivity index (χ0) is 11.0. The molecule has 1 N–H and O–H groups in total. The lowest BCUT2D eigenvalue weighted by molar-refractivity contribution is 0.580. The number of aromatic nitrogens is 3. The summed E-state index contributed by atoms with van der Waals surface area (Å²) in [6.07, 6.45) is 1.91. The van der Waals surface area contributed by atoms with E-state index >= 15 is 0 Å². The zero-order valence-electron chi connectivity index (χ0n) is 8.73. The standard InChI is InChI=1S/C10H12BrN5/c11-8-1-4-16-9(7-8)13-10(14-16)15-5-2-12-3-6-15/h1,4,7,12H,2-3,5-6H2. The average molecular weight is 282 g/mol. The lowest BCUT2D eigenvalue weighted by Crippen LogP contribution is -2.44. The maximum atomic E-state index is 4.52. The fraction of sp³-hybridized carbons (Fsp3) is 0.400. The Bertz CT molecular complexity index is 503. The van der Waals surface area contributed by atoms with Crippen LogP contribution in [0.15, 0.2) is 22.8 Å². The second-order valence-corrected chi connectivity index (χ2v) is 4.71. The van der Waals surface area contributed by atoms with Crippen molar-refractivity contribution in [1.82, 2.24) is 19.9 Å². The monoisotopic (exact) mass is 281 g/mol. The normalized spacial score (nSPS) is 16.9. The molecule has 2 aromatic rings. The summed E-state index contributed by atoms with van der Waals surface area (Å²) in [6.45, 7) is 3.94. The summed E-state index contributed by atoms with van der Waals surface area (Å²) in [6, 6.07) is 3.93. The molecule has 0 spiro atoms. The van der Waals surface area contributed by atoms with Gasteiger partial charge in [0.1, 0.15) is 0 Å². The van der Waals surface area contributed by atoms with Gasteiger partial charge in [0.05, 0.1) is 0 Å². The molecule has 0 aromatic carbocycles. The fourth-order valence-electron chi connectivity index (χ4n) is 1.84. The molecule has 5 nitrogen and oxygen atoms in total. The third kappa shape index (κ3) is 1.78. The van der Waals surface area contributed by atoms with Crippen LogP contribution in [-0.4, -0.2) is 40.8 Å². The number of fused-ring (bicyclic) bond motifs is 1. The van der Waals surface area contributed by atoms with E-state index in [1.165, 1.54) is 0 Å². The van der Waals surface area contributed by atoms with E-state index in [1.54, 1.807) is 0 Å². The second-order valence-electron chi connectivity index (χ2n) is 3.80. The summed E-state index contributed by atoms with van der Waals surface area (Å²) in [5, 5.41) is 7.78. The summed E-state index contributed by atoms with van der Waals surface area (Å²) >= 11 is 3.43. The molecule has 0 radical (unpaired) electrons. The van der Waals surface area contributed by atoms with Gasteiger partial charge in [-0.2, -0.15) is 4.98 Å². The van der Waals surface area contributed by atoms with Crippen molar-refractivity contribution >= 4 is 27.5 Å². The van der Waals surface area contributed by atoms with Crippen molar-refractivity contribution in [3.63, 3.8) is 0 Å². The first-order chi connectivity index (χ1) is 7.83. The molecule has 0 amide bonds. The van der Waals surface area contributed by atoms with E-state index in [2.05, 4.69) is 36.2 Å². The summed E-state index contributed by atoms with van der Waals surface area (Å²) in [5.74, 6) is 0.819. The molecule has 1 aliphatic heterocycles. The van der Waals surface area contributed by atoms with Crippen LogP contribution < -0.4 is 10.2 Å². The van der Waals surface area contributed by atoms with E-state index in [4.69, 9.17) is 0 Å². The highest BCUT2D eigenvalue weighted by Crippen LogP contribution is 2.15. The molecular weight excluding hydrogens is 270 g/mol. The smallest absolute Gasteiger partial charge is 0.245 e. The number of hydrogen-bond acceptors (Lipinski definition) is 4. The van der Waals surface area contributed by atoms with Crippen LogP contribution in [-0.2, 0) is 0 Å². The maximum Gasteiger partial charge on any atom is 0.245 e. The predicted molar refractivity (Wildman–Crippen MR) is 65.8 cm³/mol. The minimum absolute atomic E-state index is 0.819. The molecule has 1 fully saturated rings. The van der Waals surface area contributed by atoms with Gasteiger partial charge in [-0.3, -0.25) is 0 Å². The van der Waals surface area contributed by atoms with Crippen molar-refractivity contribution in [3.8, 4) is 0 Å². The Hall–Kier alpha value is -1.14. The van der Waals surface area contributed by atoms with Crippen LogP contribution in [0.1, 0.15) is 0 Å². The van der Waals surface area contributed by atoms with Gasteiger partial charge in [0.15, 0.2) is 5.65 Å². The van der Waals surface area contributed by atoms with Gasteiger partial charge in [-0.25, -0.2) is 4.52 Å². The van der Waals surface area contributed by atoms with E-state index in [9.17, 15) is 0 Å². The number of nitrogens with one attached hydrogen (secondary N) is 1. The van der Waals surface area contributed by atoms with Crippen LogP contribution >= 0.6 is 15.9 Å². The Morgan fingerprint density at radius 3 is 2.94 bits per heavy atom.